The van der Waals surface area contributed by atoms with Crippen LogP contribution in [0.1, 0.15) is 62.7 Å². The number of carbonyl (C=O) groups excluding carboxylic acids is 2. The predicted octanol–water partition coefficient (Wildman–Crippen LogP) is 3.46. The number of hydrogen-bond donors (Lipinski definition) is 3. The first-order valence-electron chi connectivity index (χ1n) is 13.7. The molecule has 0 radical (unpaired) electrons. The van der Waals surface area contributed by atoms with Gasteiger partial charge < -0.3 is 30.5 Å². The van der Waals surface area contributed by atoms with E-state index in [1.165, 1.54) is 12.8 Å². The van der Waals surface area contributed by atoms with Gasteiger partial charge >= 0.3 is 0 Å². The highest BCUT2D eigenvalue weighted by atomic mass is 16.5. The van der Waals surface area contributed by atoms with Crippen LogP contribution in [0.3, 0.4) is 0 Å². The number of ether oxygens (including phenoxy) is 1. The van der Waals surface area contributed by atoms with E-state index in [1.807, 2.05) is 19.9 Å². The molecule has 2 fully saturated rings. The number of nitrogens with one attached hydrogen (secondary N) is 3. The van der Waals surface area contributed by atoms with Gasteiger partial charge in [-0.05, 0) is 64.3 Å². The van der Waals surface area contributed by atoms with Crippen molar-refractivity contribution < 1.29 is 14.3 Å². The predicted molar refractivity (Wildman–Crippen MR) is 148 cm³/mol. The van der Waals surface area contributed by atoms with Gasteiger partial charge in [0.2, 0.25) is 11.9 Å². The first-order valence-corrected chi connectivity index (χ1v) is 13.7. The molecule has 1 saturated heterocycles. The summed E-state index contributed by atoms with van der Waals surface area (Å²) in [6, 6.07) is 5.80. The zero-order valence-electron chi connectivity index (χ0n) is 22.8. The molecule has 1 unspecified atom stereocenters. The summed E-state index contributed by atoms with van der Waals surface area (Å²) in [6.07, 6.45) is 8.30. The van der Waals surface area contributed by atoms with Crippen molar-refractivity contribution in [1.82, 2.24) is 20.6 Å². The maximum Gasteiger partial charge on any atom is 0.251 e. The molecule has 204 valence electrons. The quantitative estimate of drug-likeness (QED) is 0.530. The molecule has 1 aromatic heterocycles. The normalized spacial score (nSPS) is 21.6. The summed E-state index contributed by atoms with van der Waals surface area (Å²) in [7, 11) is 3.38. The number of anilines is 4. The molecule has 0 spiro atoms. The lowest BCUT2D eigenvalue weighted by molar-refractivity contribution is -0.125. The Kier molecular flexibility index (Phi) is 7.43. The fraction of sp³-hybridized carbons (Fsp3) is 0.571. The van der Waals surface area contributed by atoms with Crippen LogP contribution in [0.4, 0.5) is 23.1 Å². The van der Waals surface area contributed by atoms with E-state index in [1.54, 1.807) is 37.4 Å². The molecule has 0 bridgehead atoms. The van der Waals surface area contributed by atoms with E-state index >= 15 is 0 Å². The highest BCUT2D eigenvalue weighted by Crippen LogP contribution is 2.40. The zero-order valence-corrected chi connectivity index (χ0v) is 22.8. The van der Waals surface area contributed by atoms with Crippen LogP contribution in [0.5, 0.6) is 5.75 Å². The molecule has 1 atom stereocenters. The number of benzene rings is 1. The molecule has 2 aliphatic heterocycles. The van der Waals surface area contributed by atoms with Crippen molar-refractivity contribution in [3.05, 3.63) is 30.0 Å². The number of methoxy groups -OCH3 is 1. The van der Waals surface area contributed by atoms with Crippen LogP contribution in [-0.2, 0) is 4.79 Å². The Bertz CT molecular complexity index is 1190. The molecule has 38 heavy (non-hydrogen) atoms. The molecule has 10 nitrogen and oxygen atoms in total. The molecule has 1 saturated carbocycles. The van der Waals surface area contributed by atoms with E-state index in [0.717, 1.165) is 44.6 Å². The van der Waals surface area contributed by atoms with E-state index in [4.69, 9.17) is 9.72 Å². The summed E-state index contributed by atoms with van der Waals surface area (Å²) in [6.45, 7) is 6.38. The van der Waals surface area contributed by atoms with Crippen molar-refractivity contribution in [1.29, 1.82) is 0 Å². The molecule has 1 aromatic carbocycles. The molecule has 1 aliphatic carbocycles. The van der Waals surface area contributed by atoms with Crippen molar-refractivity contribution in [3.63, 3.8) is 0 Å². The summed E-state index contributed by atoms with van der Waals surface area (Å²) in [4.78, 5) is 39.5. The Morgan fingerprint density at radius 1 is 1.18 bits per heavy atom. The summed E-state index contributed by atoms with van der Waals surface area (Å²) >= 11 is 0. The second kappa shape index (κ2) is 10.8. The fourth-order valence-electron chi connectivity index (χ4n) is 5.82. The van der Waals surface area contributed by atoms with Crippen LogP contribution in [0, 0.1) is 5.41 Å². The maximum absolute atomic E-state index is 13.2. The second-order valence-corrected chi connectivity index (χ2v) is 11.3. The Hall–Kier alpha value is -3.40. The van der Waals surface area contributed by atoms with Crippen LogP contribution in [0.15, 0.2) is 24.4 Å². The van der Waals surface area contributed by atoms with Gasteiger partial charge in [-0.3, -0.25) is 9.59 Å². The first kappa shape index (κ1) is 26.2. The van der Waals surface area contributed by atoms with Crippen LogP contribution in [-0.4, -0.2) is 67.7 Å². The molecular formula is C28H39N7O3. The van der Waals surface area contributed by atoms with Crippen molar-refractivity contribution in [2.75, 3.05) is 48.9 Å². The van der Waals surface area contributed by atoms with Crippen LogP contribution >= 0.6 is 0 Å². The third kappa shape index (κ3) is 5.27. The van der Waals surface area contributed by atoms with Crippen molar-refractivity contribution in [3.8, 4) is 5.75 Å². The lowest BCUT2D eigenvalue weighted by atomic mass is 9.91. The Morgan fingerprint density at radius 3 is 2.68 bits per heavy atom. The lowest BCUT2D eigenvalue weighted by Gasteiger charge is -2.34. The minimum atomic E-state index is -0.543. The highest BCUT2D eigenvalue weighted by molar-refractivity contribution is 6.01. The molecule has 3 aliphatic rings. The number of fused-ring (bicyclic) bond motifs is 1. The number of piperidine rings is 1. The summed E-state index contributed by atoms with van der Waals surface area (Å²) < 4.78 is 5.62. The highest BCUT2D eigenvalue weighted by Gasteiger charge is 2.41. The van der Waals surface area contributed by atoms with E-state index in [0.29, 0.717) is 41.2 Å². The van der Waals surface area contributed by atoms with Crippen LogP contribution in [0.25, 0.3) is 0 Å². The van der Waals surface area contributed by atoms with E-state index in [-0.39, 0.29) is 17.9 Å². The van der Waals surface area contributed by atoms with Crippen molar-refractivity contribution in [2.24, 2.45) is 5.41 Å². The van der Waals surface area contributed by atoms with Gasteiger partial charge in [0.15, 0.2) is 5.82 Å². The average Bonchev–Trinajstić information content (AvgIpc) is 3.44. The lowest BCUT2D eigenvalue weighted by Crippen LogP contribution is -2.45. The summed E-state index contributed by atoms with van der Waals surface area (Å²) in [5.74, 6) is 1.65. The number of nitrogens with zero attached hydrogens (tertiary/aromatic N) is 4. The minimum absolute atomic E-state index is 0.0584. The van der Waals surface area contributed by atoms with Crippen LogP contribution in [0.2, 0.25) is 0 Å². The zero-order chi connectivity index (χ0) is 26.9. The van der Waals surface area contributed by atoms with Gasteiger partial charge in [0.25, 0.3) is 5.91 Å². The summed E-state index contributed by atoms with van der Waals surface area (Å²) in [5, 5.41) is 9.70. The third-order valence-corrected chi connectivity index (χ3v) is 7.94. The van der Waals surface area contributed by atoms with Gasteiger partial charge in [0.1, 0.15) is 11.4 Å². The third-order valence-electron chi connectivity index (χ3n) is 7.94. The van der Waals surface area contributed by atoms with E-state index < -0.39 is 5.41 Å². The Labute approximate surface area is 224 Å². The van der Waals surface area contributed by atoms with Gasteiger partial charge in [0, 0.05) is 37.8 Å². The smallest absolute Gasteiger partial charge is 0.251 e. The number of amides is 2. The van der Waals surface area contributed by atoms with Gasteiger partial charge in [-0.25, -0.2) is 4.98 Å². The van der Waals surface area contributed by atoms with Gasteiger partial charge in [0.05, 0.1) is 24.4 Å². The van der Waals surface area contributed by atoms with Crippen molar-refractivity contribution in [2.45, 2.75) is 64.5 Å². The number of aromatic nitrogens is 2. The SMILES string of the molecule is COc1cc(C(=O)NC2CCCNC2)ccc1Nc1ncc2c(n1)N(C1CCCC1)CC(C)(C)C(=O)N2C. The largest absolute Gasteiger partial charge is 0.495 e. The van der Waals surface area contributed by atoms with E-state index in [2.05, 4.69) is 25.8 Å². The minimum Gasteiger partial charge on any atom is -0.495 e. The number of rotatable bonds is 6. The van der Waals surface area contributed by atoms with Crippen molar-refractivity contribution >= 4 is 35.0 Å². The monoisotopic (exact) mass is 521 g/mol. The maximum atomic E-state index is 13.2. The summed E-state index contributed by atoms with van der Waals surface area (Å²) in [5.41, 5.74) is 1.37. The van der Waals surface area contributed by atoms with E-state index in [9.17, 15) is 9.59 Å². The first-order chi connectivity index (χ1) is 18.3. The number of carbonyl (C=O) groups is 2. The van der Waals surface area contributed by atoms with Gasteiger partial charge in [-0.2, -0.15) is 4.98 Å². The Balaban J connectivity index is 1.41. The topological polar surface area (TPSA) is 112 Å². The second-order valence-electron chi connectivity index (χ2n) is 11.3. The number of hydrogen-bond acceptors (Lipinski definition) is 8. The average molecular weight is 522 g/mol. The molecule has 5 rings (SSSR count). The molecule has 2 aromatic rings. The standard InChI is InChI=1S/C28H39N7O3/c1-28(2)17-35(20-9-5-6-10-20)24-22(34(3)26(28)37)16-30-27(33-24)32-21-12-11-18(14-23(21)38-4)25(36)31-19-8-7-13-29-15-19/h11-12,14,16,19-20,29H,5-10,13,15,17H2,1-4H3,(H,31,36)(H,30,32,33). The molecular weight excluding hydrogens is 482 g/mol. The molecule has 3 N–H and O–H groups in total. The molecule has 3 heterocycles. The molecule has 2 amide bonds. The van der Waals surface area contributed by atoms with Gasteiger partial charge in [-0.15, -0.1) is 0 Å². The Morgan fingerprint density at radius 2 is 1.97 bits per heavy atom. The van der Waals surface area contributed by atoms with Gasteiger partial charge in [-0.1, -0.05) is 12.8 Å². The molecule has 10 heteroatoms. The van der Waals surface area contributed by atoms with Crippen LogP contribution < -0.4 is 30.5 Å². The fourth-order valence-corrected chi connectivity index (χ4v) is 5.82.